The van der Waals surface area contributed by atoms with Gasteiger partial charge in [-0.1, -0.05) is 32.9 Å². The summed E-state index contributed by atoms with van der Waals surface area (Å²) in [5.41, 5.74) is 0. The van der Waals surface area contributed by atoms with Crippen LogP contribution in [0.25, 0.3) is 0 Å². The highest BCUT2D eigenvalue weighted by atomic mass is 13.9. The van der Waals surface area contributed by atoms with E-state index in [4.69, 9.17) is 0 Å². The average Bonchev–Trinajstić information content (AvgIpc) is 1.80. The Morgan fingerprint density at radius 1 is 1.22 bits per heavy atom. The molecule has 0 aromatic rings. The molecule has 0 aromatic heterocycles. The molecule has 0 unspecified atom stereocenters. The number of hydrogen-bond acceptors (Lipinski definition) is 0. The smallest absolute Gasteiger partial charge is 0.0348 e. The second-order valence-corrected chi connectivity index (χ2v) is 2.85. The Morgan fingerprint density at radius 2 is 1.89 bits per heavy atom. The molecule has 0 amide bonds. The van der Waals surface area contributed by atoms with Gasteiger partial charge in [0, 0.05) is 0 Å². The molecule has 0 atom stereocenters. The fourth-order valence-electron chi connectivity index (χ4n) is 0.714. The molecule has 54 valence electrons. The second-order valence-electron chi connectivity index (χ2n) is 2.85. The summed E-state index contributed by atoms with van der Waals surface area (Å²) in [4.78, 5) is 0. The van der Waals surface area contributed by atoms with Crippen molar-refractivity contribution in [3.63, 3.8) is 0 Å². The van der Waals surface area contributed by atoms with Gasteiger partial charge in [-0.25, -0.2) is 0 Å². The molecule has 0 nitrogen and oxygen atoms in total. The SMILES string of the molecule is CCC=CCCC(C)C. The van der Waals surface area contributed by atoms with Crippen LogP contribution >= 0.6 is 0 Å². The van der Waals surface area contributed by atoms with Gasteiger partial charge in [0.1, 0.15) is 0 Å². The summed E-state index contributed by atoms with van der Waals surface area (Å²) in [5, 5.41) is 0. The van der Waals surface area contributed by atoms with Crippen molar-refractivity contribution in [3.05, 3.63) is 12.2 Å². The largest absolute Gasteiger partial charge is 0.0888 e. The van der Waals surface area contributed by atoms with Crippen molar-refractivity contribution in [2.75, 3.05) is 0 Å². The summed E-state index contributed by atoms with van der Waals surface area (Å²) in [7, 11) is 0. The lowest BCUT2D eigenvalue weighted by Crippen LogP contribution is -1.83. The highest BCUT2D eigenvalue weighted by Crippen LogP contribution is 2.03. The highest BCUT2D eigenvalue weighted by molar-refractivity contribution is 4.79. The van der Waals surface area contributed by atoms with Crippen LogP contribution in [0.1, 0.15) is 40.0 Å². The predicted octanol–water partition coefficient (Wildman–Crippen LogP) is 3.39. The number of hydrogen-bond donors (Lipinski definition) is 0. The van der Waals surface area contributed by atoms with E-state index in [1.54, 1.807) is 0 Å². The molecule has 0 saturated carbocycles. The van der Waals surface area contributed by atoms with Crippen molar-refractivity contribution in [1.82, 2.24) is 0 Å². The molecule has 0 heterocycles. The molecular weight excluding hydrogens is 108 g/mol. The van der Waals surface area contributed by atoms with Crippen LogP contribution in [0.3, 0.4) is 0 Å². The van der Waals surface area contributed by atoms with E-state index in [1.807, 2.05) is 0 Å². The lowest BCUT2D eigenvalue weighted by atomic mass is 10.1. The fraction of sp³-hybridized carbons (Fsp3) is 0.778. The summed E-state index contributed by atoms with van der Waals surface area (Å²) in [6.07, 6.45) is 8.28. The second kappa shape index (κ2) is 5.87. The van der Waals surface area contributed by atoms with Crippen LogP contribution < -0.4 is 0 Å². The first-order valence-electron chi connectivity index (χ1n) is 3.92. The predicted molar refractivity (Wildman–Crippen MR) is 43.5 cm³/mol. The normalized spacial score (nSPS) is 11.6. The van der Waals surface area contributed by atoms with E-state index in [0.29, 0.717) is 0 Å². The van der Waals surface area contributed by atoms with Crippen molar-refractivity contribution in [3.8, 4) is 0 Å². The third kappa shape index (κ3) is 7.74. The monoisotopic (exact) mass is 126 g/mol. The Labute approximate surface area is 59.0 Å². The van der Waals surface area contributed by atoms with Crippen LogP contribution in [0.4, 0.5) is 0 Å². The molecule has 0 saturated heterocycles. The number of rotatable bonds is 4. The lowest BCUT2D eigenvalue weighted by Gasteiger charge is -1.97. The van der Waals surface area contributed by atoms with Crippen molar-refractivity contribution in [1.29, 1.82) is 0 Å². The van der Waals surface area contributed by atoms with Crippen molar-refractivity contribution >= 4 is 0 Å². The summed E-state index contributed by atoms with van der Waals surface area (Å²) in [6, 6.07) is 0. The molecule has 0 spiro atoms. The fourth-order valence-corrected chi connectivity index (χ4v) is 0.714. The van der Waals surface area contributed by atoms with Crippen LogP contribution in [-0.2, 0) is 0 Å². The van der Waals surface area contributed by atoms with Gasteiger partial charge in [-0.3, -0.25) is 0 Å². The Morgan fingerprint density at radius 3 is 2.33 bits per heavy atom. The Balaban J connectivity index is 2.99. The zero-order valence-electron chi connectivity index (χ0n) is 6.85. The molecule has 0 aliphatic carbocycles. The third-order valence-electron chi connectivity index (χ3n) is 1.31. The van der Waals surface area contributed by atoms with E-state index >= 15 is 0 Å². The van der Waals surface area contributed by atoms with Crippen LogP contribution in [0, 0.1) is 5.92 Å². The lowest BCUT2D eigenvalue weighted by molar-refractivity contribution is 0.594. The van der Waals surface area contributed by atoms with Gasteiger partial charge in [0.05, 0.1) is 0 Å². The van der Waals surface area contributed by atoms with Gasteiger partial charge >= 0.3 is 0 Å². The first-order chi connectivity index (χ1) is 4.27. The van der Waals surface area contributed by atoms with E-state index in [0.717, 1.165) is 5.92 Å². The van der Waals surface area contributed by atoms with Crippen LogP contribution in [-0.4, -0.2) is 0 Å². The minimum Gasteiger partial charge on any atom is -0.0888 e. The Bertz CT molecular complexity index is 70.1. The van der Waals surface area contributed by atoms with E-state index in [9.17, 15) is 0 Å². The zero-order chi connectivity index (χ0) is 7.11. The van der Waals surface area contributed by atoms with E-state index in [2.05, 4.69) is 32.9 Å². The summed E-state index contributed by atoms with van der Waals surface area (Å²) in [5.74, 6) is 0.853. The van der Waals surface area contributed by atoms with Crippen LogP contribution in [0.15, 0.2) is 12.2 Å². The maximum atomic E-state index is 2.28. The van der Waals surface area contributed by atoms with Crippen LogP contribution in [0.5, 0.6) is 0 Å². The minimum atomic E-state index is 0.853. The van der Waals surface area contributed by atoms with Gasteiger partial charge in [-0.2, -0.15) is 0 Å². The van der Waals surface area contributed by atoms with Gasteiger partial charge in [0.25, 0.3) is 0 Å². The van der Waals surface area contributed by atoms with Crippen molar-refractivity contribution in [2.45, 2.75) is 40.0 Å². The third-order valence-corrected chi connectivity index (χ3v) is 1.31. The maximum Gasteiger partial charge on any atom is -0.0348 e. The van der Waals surface area contributed by atoms with Gasteiger partial charge in [0.15, 0.2) is 0 Å². The zero-order valence-corrected chi connectivity index (χ0v) is 6.85. The van der Waals surface area contributed by atoms with Gasteiger partial charge in [0.2, 0.25) is 0 Å². The summed E-state index contributed by atoms with van der Waals surface area (Å²) < 4.78 is 0. The quantitative estimate of drug-likeness (QED) is 0.506. The molecule has 9 heavy (non-hydrogen) atoms. The number of allylic oxidation sites excluding steroid dienone is 2. The van der Waals surface area contributed by atoms with Crippen molar-refractivity contribution in [2.24, 2.45) is 5.92 Å². The van der Waals surface area contributed by atoms with Gasteiger partial charge in [-0.05, 0) is 25.2 Å². The van der Waals surface area contributed by atoms with Crippen molar-refractivity contribution < 1.29 is 0 Å². The maximum absolute atomic E-state index is 2.28. The first-order valence-corrected chi connectivity index (χ1v) is 3.92. The molecule has 0 aromatic carbocycles. The van der Waals surface area contributed by atoms with Crippen LogP contribution in [0.2, 0.25) is 0 Å². The topological polar surface area (TPSA) is 0 Å². The molecule has 0 fully saturated rings. The Kier molecular flexibility index (Phi) is 5.70. The Hall–Kier alpha value is -0.260. The summed E-state index contributed by atoms with van der Waals surface area (Å²) >= 11 is 0. The van der Waals surface area contributed by atoms with E-state index < -0.39 is 0 Å². The molecule has 0 radical (unpaired) electrons. The highest BCUT2D eigenvalue weighted by Gasteiger charge is 1.88. The molecular formula is C9H18. The molecule has 0 N–H and O–H groups in total. The average molecular weight is 126 g/mol. The first kappa shape index (κ1) is 8.74. The molecule has 0 bridgehead atoms. The van der Waals surface area contributed by atoms with E-state index in [-0.39, 0.29) is 0 Å². The minimum absolute atomic E-state index is 0.853. The molecule has 0 heteroatoms. The summed E-state index contributed by atoms with van der Waals surface area (Å²) in [6.45, 7) is 6.70. The van der Waals surface area contributed by atoms with E-state index in [1.165, 1.54) is 19.3 Å². The molecule has 0 rings (SSSR count). The van der Waals surface area contributed by atoms with Gasteiger partial charge in [-0.15, -0.1) is 0 Å². The standard InChI is InChI=1S/C9H18/c1-4-5-6-7-8-9(2)3/h5-6,9H,4,7-8H2,1-3H3. The molecule has 0 aliphatic rings. The van der Waals surface area contributed by atoms with Gasteiger partial charge < -0.3 is 0 Å². The molecule has 0 aliphatic heterocycles.